The maximum Gasteiger partial charge on any atom is 0.255 e. The molecule has 2 aromatic heterocycles. The molecule has 0 radical (unpaired) electrons. The van der Waals surface area contributed by atoms with Gasteiger partial charge in [-0.3, -0.25) is 9.89 Å². The molecule has 0 atom stereocenters. The molecule has 5 rings (SSSR count). The van der Waals surface area contributed by atoms with Gasteiger partial charge in [-0.2, -0.15) is 5.10 Å². The Bertz CT molecular complexity index is 1410. The van der Waals surface area contributed by atoms with Crippen molar-refractivity contribution in [3.63, 3.8) is 0 Å². The Morgan fingerprint density at radius 2 is 1.87 bits per heavy atom. The largest absolute Gasteiger partial charge is 0.324 e. The molecule has 0 fully saturated rings. The Morgan fingerprint density at radius 1 is 0.967 bits per heavy atom. The van der Waals surface area contributed by atoms with Crippen molar-refractivity contribution < 1.29 is 4.79 Å². The number of fused-ring (bicyclic) bond motifs is 2. The molecule has 1 amide bonds. The summed E-state index contributed by atoms with van der Waals surface area (Å²) in [5.74, 6) is 0.272. The molecule has 2 heterocycles. The minimum absolute atomic E-state index is 0.224. The van der Waals surface area contributed by atoms with Crippen LogP contribution in [0.1, 0.15) is 10.4 Å². The molecule has 0 bridgehead atoms. The van der Waals surface area contributed by atoms with Gasteiger partial charge in [0.2, 0.25) is 5.95 Å². The van der Waals surface area contributed by atoms with Crippen LogP contribution in [0.15, 0.2) is 60.8 Å². The Morgan fingerprint density at radius 3 is 2.77 bits per heavy atom. The molecule has 30 heavy (non-hydrogen) atoms. The summed E-state index contributed by atoms with van der Waals surface area (Å²) in [5, 5.41) is 14.9. The van der Waals surface area contributed by atoms with Gasteiger partial charge in [-0.1, -0.05) is 23.2 Å². The summed E-state index contributed by atoms with van der Waals surface area (Å²) in [5.41, 5.74) is 4.10. The predicted molar refractivity (Wildman–Crippen MR) is 120 cm³/mol. The molecule has 7 nitrogen and oxygen atoms in total. The number of halogens is 2. The van der Waals surface area contributed by atoms with Gasteiger partial charge in [0.05, 0.1) is 33.5 Å². The number of nitrogens with one attached hydrogen (secondary N) is 4. The van der Waals surface area contributed by atoms with Crippen molar-refractivity contribution in [1.29, 1.82) is 0 Å². The average Bonchev–Trinajstić information content (AvgIpc) is 3.35. The van der Waals surface area contributed by atoms with E-state index in [9.17, 15) is 4.79 Å². The summed E-state index contributed by atoms with van der Waals surface area (Å²) in [6.07, 6.45) is 1.73. The lowest BCUT2D eigenvalue weighted by Gasteiger charge is -2.05. The maximum atomic E-state index is 12.7. The standard InChI is InChI=1S/C21H14Cl2N6O/c22-13-3-5-15(23)18(8-13)27-21-26-16-6-2-11(7-19(16)28-21)20(30)25-14-4-1-12-10-24-29-17(12)9-14/h1-10H,(H,24,29)(H,25,30)(H2,26,27,28). The number of aromatic nitrogens is 4. The van der Waals surface area contributed by atoms with E-state index in [0.717, 1.165) is 10.9 Å². The second-order valence-electron chi connectivity index (χ2n) is 6.69. The van der Waals surface area contributed by atoms with Crippen molar-refractivity contribution in [3.8, 4) is 0 Å². The number of amides is 1. The zero-order valence-electron chi connectivity index (χ0n) is 15.3. The fourth-order valence-corrected chi connectivity index (χ4v) is 3.49. The third-order valence-electron chi connectivity index (χ3n) is 4.63. The highest BCUT2D eigenvalue weighted by Crippen LogP contribution is 2.28. The van der Waals surface area contributed by atoms with E-state index in [1.54, 1.807) is 42.6 Å². The highest BCUT2D eigenvalue weighted by atomic mass is 35.5. The fraction of sp³-hybridized carbons (Fsp3) is 0. The highest BCUT2D eigenvalue weighted by molar-refractivity contribution is 6.35. The molecule has 0 aliphatic rings. The van der Waals surface area contributed by atoms with Crippen LogP contribution in [0, 0.1) is 0 Å². The summed E-state index contributed by atoms with van der Waals surface area (Å²) in [7, 11) is 0. The van der Waals surface area contributed by atoms with Crippen molar-refractivity contribution in [2.45, 2.75) is 0 Å². The van der Waals surface area contributed by atoms with Crippen molar-refractivity contribution in [1.82, 2.24) is 20.2 Å². The van der Waals surface area contributed by atoms with E-state index >= 15 is 0 Å². The number of anilines is 3. The van der Waals surface area contributed by atoms with Gasteiger partial charge in [0.25, 0.3) is 5.91 Å². The first-order valence-corrected chi connectivity index (χ1v) is 9.77. The van der Waals surface area contributed by atoms with Crippen molar-refractivity contribution >= 4 is 68.4 Å². The Kier molecular flexibility index (Phi) is 4.54. The van der Waals surface area contributed by atoms with E-state index in [-0.39, 0.29) is 5.91 Å². The zero-order valence-corrected chi connectivity index (χ0v) is 16.8. The van der Waals surface area contributed by atoms with Crippen LogP contribution in [0.25, 0.3) is 21.9 Å². The number of benzene rings is 3. The number of nitrogens with zero attached hydrogens (tertiary/aromatic N) is 2. The molecule has 0 aliphatic carbocycles. The zero-order chi connectivity index (χ0) is 20.7. The first kappa shape index (κ1) is 18.5. The van der Waals surface area contributed by atoms with E-state index in [4.69, 9.17) is 23.2 Å². The van der Waals surface area contributed by atoms with Gasteiger partial charge in [0, 0.05) is 21.7 Å². The normalized spacial score (nSPS) is 11.1. The quantitative estimate of drug-likeness (QED) is 0.288. The summed E-state index contributed by atoms with van der Waals surface area (Å²) in [4.78, 5) is 20.3. The molecule has 0 saturated carbocycles. The SMILES string of the molecule is O=C(Nc1ccc2cn[nH]c2c1)c1ccc2nc(Nc3cc(Cl)ccc3Cl)[nH]c2c1. The van der Waals surface area contributed by atoms with Gasteiger partial charge in [0.1, 0.15) is 0 Å². The Hall–Kier alpha value is -3.55. The van der Waals surface area contributed by atoms with Crippen molar-refractivity contribution in [2.24, 2.45) is 0 Å². The number of H-pyrrole nitrogens is 2. The molecule has 4 N–H and O–H groups in total. The van der Waals surface area contributed by atoms with Crippen LogP contribution in [0.2, 0.25) is 10.0 Å². The number of hydrogen-bond donors (Lipinski definition) is 4. The van der Waals surface area contributed by atoms with Crippen molar-refractivity contribution in [3.05, 3.63) is 76.4 Å². The van der Waals surface area contributed by atoms with Crippen LogP contribution in [-0.2, 0) is 0 Å². The van der Waals surface area contributed by atoms with Crippen LogP contribution in [0.3, 0.4) is 0 Å². The van der Waals surface area contributed by atoms with Gasteiger partial charge < -0.3 is 15.6 Å². The maximum absolute atomic E-state index is 12.7. The molecule has 3 aromatic carbocycles. The van der Waals surface area contributed by atoms with Crippen molar-refractivity contribution in [2.75, 3.05) is 10.6 Å². The topological polar surface area (TPSA) is 98.5 Å². The third-order valence-corrected chi connectivity index (χ3v) is 5.19. The monoisotopic (exact) mass is 436 g/mol. The van der Waals surface area contributed by atoms with E-state index < -0.39 is 0 Å². The van der Waals surface area contributed by atoms with Gasteiger partial charge in [0.15, 0.2) is 0 Å². The van der Waals surface area contributed by atoms with Gasteiger partial charge in [-0.25, -0.2) is 4.98 Å². The molecule has 0 aliphatic heterocycles. The molecular weight excluding hydrogens is 423 g/mol. The number of carbonyl (C=O) groups is 1. The van der Waals surface area contributed by atoms with Gasteiger partial charge in [-0.05, 0) is 54.6 Å². The lowest BCUT2D eigenvalue weighted by atomic mass is 10.1. The molecular formula is C21H14Cl2N6O. The smallest absolute Gasteiger partial charge is 0.255 e. The van der Waals surface area contributed by atoms with E-state index in [0.29, 0.717) is 44.0 Å². The van der Waals surface area contributed by atoms with Crippen LogP contribution >= 0.6 is 23.2 Å². The van der Waals surface area contributed by atoms with Crippen LogP contribution in [0.4, 0.5) is 17.3 Å². The van der Waals surface area contributed by atoms with E-state index in [1.807, 2.05) is 18.2 Å². The summed E-state index contributed by atoms with van der Waals surface area (Å²) in [6, 6.07) is 16.0. The van der Waals surface area contributed by atoms with Crippen LogP contribution in [-0.4, -0.2) is 26.1 Å². The number of rotatable bonds is 4. The summed E-state index contributed by atoms with van der Waals surface area (Å²) >= 11 is 12.2. The van der Waals surface area contributed by atoms with Gasteiger partial charge >= 0.3 is 0 Å². The third kappa shape index (κ3) is 3.56. The average molecular weight is 437 g/mol. The Balaban J connectivity index is 1.38. The minimum atomic E-state index is -0.224. The number of carbonyl (C=O) groups excluding carboxylic acids is 1. The lowest BCUT2D eigenvalue weighted by molar-refractivity contribution is 0.102. The van der Waals surface area contributed by atoms with E-state index in [2.05, 4.69) is 30.8 Å². The molecule has 0 spiro atoms. The van der Waals surface area contributed by atoms with Crippen LogP contribution in [0.5, 0.6) is 0 Å². The fourth-order valence-electron chi connectivity index (χ4n) is 3.15. The Labute approximate surface area is 180 Å². The number of imidazole rings is 1. The second-order valence-corrected chi connectivity index (χ2v) is 7.54. The molecule has 148 valence electrons. The first-order valence-electron chi connectivity index (χ1n) is 9.01. The first-order chi connectivity index (χ1) is 14.5. The second kappa shape index (κ2) is 7.37. The number of hydrogen-bond acceptors (Lipinski definition) is 4. The lowest BCUT2D eigenvalue weighted by Crippen LogP contribution is -2.11. The summed E-state index contributed by atoms with van der Waals surface area (Å²) in [6.45, 7) is 0. The molecule has 9 heteroatoms. The predicted octanol–water partition coefficient (Wildman–Crippen LogP) is 5.74. The van der Waals surface area contributed by atoms with E-state index in [1.165, 1.54) is 0 Å². The highest BCUT2D eigenvalue weighted by Gasteiger charge is 2.11. The molecule has 0 saturated heterocycles. The van der Waals surface area contributed by atoms with Gasteiger partial charge in [-0.15, -0.1) is 0 Å². The summed E-state index contributed by atoms with van der Waals surface area (Å²) < 4.78 is 0. The minimum Gasteiger partial charge on any atom is -0.324 e. The molecule has 0 unspecified atom stereocenters. The number of aromatic amines is 2. The van der Waals surface area contributed by atoms with Crippen LogP contribution < -0.4 is 10.6 Å². The molecule has 5 aromatic rings.